The van der Waals surface area contributed by atoms with Gasteiger partial charge in [0.15, 0.2) is 0 Å². The molecule has 0 heterocycles. The van der Waals surface area contributed by atoms with E-state index in [1.165, 1.54) is 12.1 Å². The lowest BCUT2D eigenvalue weighted by Gasteiger charge is -2.26. The molecule has 0 aliphatic heterocycles. The number of carbonyl (C=O) groups is 4. The summed E-state index contributed by atoms with van der Waals surface area (Å²) in [6.07, 6.45) is 2.45. The van der Waals surface area contributed by atoms with Crippen LogP contribution in [0.2, 0.25) is 0 Å². The number of rotatable bonds is 17. The first-order chi connectivity index (χ1) is 17.9. The minimum atomic E-state index is -1.17. The summed E-state index contributed by atoms with van der Waals surface area (Å²) in [4.78, 5) is 51.1. The Labute approximate surface area is 225 Å². The van der Waals surface area contributed by atoms with Gasteiger partial charge >= 0.3 is 5.97 Å². The summed E-state index contributed by atoms with van der Waals surface area (Å²) < 4.78 is 0. The Hall–Kier alpha value is -3.18. The molecule has 0 aliphatic rings. The van der Waals surface area contributed by atoms with Gasteiger partial charge in [-0.1, -0.05) is 46.2 Å². The molecular formula is C27H45N5O6. The molecule has 0 bridgehead atoms. The molecule has 5 unspecified atom stereocenters. The molecule has 0 fully saturated rings. The minimum absolute atomic E-state index is 0.0124. The van der Waals surface area contributed by atoms with E-state index in [2.05, 4.69) is 16.0 Å². The van der Waals surface area contributed by atoms with Crippen LogP contribution < -0.4 is 27.4 Å². The Morgan fingerprint density at radius 2 is 1.42 bits per heavy atom. The average molecular weight is 536 g/mol. The molecule has 0 saturated carbocycles. The highest BCUT2D eigenvalue weighted by atomic mass is 16.4. The van der Waals surface area contributed by atoms with Crippen LogP contribution >= 0.6 is 0 Å². The number of hydrogen-bond acceptors (Lipinski definition) is 7. The van der Waals surface area contributed by atoms with Crippen molar-refractivity contribution >= 4 is 23.7 Å². The second kappa shape index (κ2) is 16.6. The SMILES string of the molecule is CCC(C)C(N)C(=O)NC(CCCCN)C(=O)NC(Cc1ccc(O)cc1)C(=O)NC(CC(C)C)C(=O)O. The zero-order valence-corrected chi connectivity index (χ0v) is 22.9. The molecule has 0 radical (unpaired) electrons. The number of carbonyl (C=O) groups excluding carboxylic acids is 3. The number of carboxylic acids is 1. The molecule has 1 aromatic rings. The van der Waals surface area contributed by atoms with Crippen molar-refractivity contribution in [1.82, 2.24) is 16.0 Å². The Morgan fingerprint density at radius 1 is 0.868 bits per heavy atom. The number of aromatic hydroxyl groups is 1. The van der Waals surface area contributed by atoms with E-state index < -0.39 is 47.9 Å². The summed E-state index contributed by atoms with van der Waals surface area (Å²) in [7, 11) is 0. The molecule has 5 atom stereocenters. The third kappa shape index (κ3) is 11.5. The van der Waals surface area contributed by atoms with Crippen molar-refractivity contribution in [3.8, 4) is 5.75 Å². The number of aliphatic carboxylic acids is 1. The van der Waals surface area contributed by atoms with Crippen molar-refractivity contribution in [3.05, 3.63) is 29.8 Å². The number of unbranched alkanes of at least 4 members (excludes halogenated alkanes) is 1. The highest BCUT2D eigenvalue weighted by molar-refractivity contribution is 5.94. The van der Waals surface area contributed by atoms with Crippen molar-refractivity contribution in [1.29, 1.82) is 0 Å². The molecule has 0 spiro atoms. The molecule has 214 valence electrons. The van der Waals surface area contributed by atoms with Crippen molar-refractivity contribution in [2.24, 2.45) is 23.3 Å². The molecule has 11 heteroatoms. The van der Waals surface area contributed by atoms with Crippen LogP contribution in [0.3, 0.4) is 0 Å². The number of amides is 3. The summed E-state index contributed by atoms with van der Waals surface area (Å²) >= 11 is 0. The molecule has 0 aromatic heterocycles. The number of phenolic OH excluding ortho intramolecular Hbond substituents is 1. The quantitative estimate of drug-likeness (QED) is 0.143. The Balaban J connectivity index is 3.17. The molecule has 0 saturated heterocycles. The monoisotopic (exact) mass is 535 g/mol. The first kappa shape index (κ1) is 32.8. The molecule has 9 N–H and O–H groups in total. The van der Waals surface area contributed by atoms with E-state index in [-0.39, 0.29) is 30.4 Å². The first-order valence-corrected chi connectivity index (χ1v) is 13.3. The fraction of sp³-hybridized carbons (Fsp3) is 0.630. The lowest BCUT2D eigenvalue weighted by Crippen LogP contribution is -2.58. The maximum atomic E-state index is 13.4. The summed E-state index contributed by atoms with van der Waals surface area (Å²) in [5.74, 6) is -2.92. The van der Waals surface area contributed by atoms with Crippen molar-refractivity contribution in [2.45, 2.75) is 90.4 Å². The second-order valence-electron chi connectivity index (χ2n) is 10.2. The van der Waals surface area contributed by atoms with Gasteiger partial charge in [-0.3, -0.25) is 14.4 Å². The summed E-state index contributed by atoms with van der Waals surface area (Å²) in [6.45, 7) is 7.88. The van der Waals surface area contributed by atoms with Crippen molar-refractivity contribution < 1.29 is 29.4 Å². The predicted octanol–water partition coefficient (Wildman–Crippen LogP) is 1.02. The van der Waals surface area contributed by atoms with E-state index in [4.69, 9.17) is 11.5 Å². The van der Waals surface area contributed by atoms with Crippen LogP contribution in [0.1, 0.15) is 65.4 Å². The van der Waals surface area contributed by atoms with Gasteiger partial charge in [0, 0.05) is 6.42 Å². The van der Waals surface area contributed by atoms with Crippen LogP contribution in [0, 0.1) is 11.8 Å². The Morgan fingerprint density at radius 3 is 1.95 bits per heavy atom. The van der Waals surface area contributed by atoms with Crippen LogP contribution in [0.15, 0.2) is 24.3 Å². The van der Waals surface area contributed by atoms with Gasteiger partial charge in [-0.15, -0.1) is 0 Å². The van der Waals surface area contributed by atoms with Gasteiger partial charge in [0.25, 0.3) is 0 Å². The summed E-state index contributed by atoms with van der Waals surface area (Å²) in [5.41, 5.74) is 12.3. The van der Waals surface area contributed by atoms with Gasteiger partial charge in [-0.05, 0) is 61.8 Å². The Kier molecular flexibility index (Phi) is 14.4. The molecule has 38 heavy (non-hydrogen) atoms. The van der Waals surface area contributed by atoms with Crippen molar-refractivity contribution in [3.63, 3.8) is 0 Å². The zero-order chi connectivity index (χ0) is 28.8. The fourth-order valence-corrected chi connectivity index (χ4v) is 3.86. The topological polar surface area (TPSA) is 197 Å². The van der Waals surface area contributed by atoms with E-state index in [1.807, 2.05) is 27.7 Å². The van der Waals surface area contributed by atoms with E-state index >= 15 is 0 Å². The van der Waals surface area contributed by atoms with Gasteiger partial charge in [0.1, 0.15) is 23.9 Å². The highest BCUT2D eigenvalue weighted by Crippen LogP contribution is 2.13. The van der Waals surface area contributed by atoms with E-state index in [1.54, 1.807) is 12.1 Å². The van der Waals surface area contributed by atoms with Gasteiger partial charge in [0.05, 0.1) is 6.04 Å². The number of phenols is 1. The van der Waals surface area contributed by atoms with Crippen LogP contribution in [-0.4, -0.2) is 64.6 Å². The maximum absolute atomic E-state index is 13.4. The van der Waals surface area contributed by atoms with Crippen LogP contribution in [0.4, 0.5) is 0 Å². The molecule has 3 amide bonds. The number of carboxylic acid groups (broad SMARTS) is 1. The van der Waals surface area contributed by atoms with E-state index in [0.717, 1.165) is 0 Å². The van der Waals surface area contributed by atoms with Gasteiger partial charge in [0.2, 0.25) is 17.7 Å². The molecule has 1 rings (SSSR count). The number of nitrogens with one attached hydrogen (secondary N) is 3. The molecule has 1 aromatic carbocycles. The van der Waals surface area contributed by atoms with Crippen LogP contribution in [0.5, 0.6) is 5.75 Å². The maximum Gasteiger partial charge on any atom is 0.326 e. The highest BCUT2D eigenvalue weighted by Gasteiger charge is 2.31. The average Bonchev–Trinajstić information content (AvgIpc) is 2.87. The molecular weight excluding hydrogens is 490 g/mol. The van der Waals surface area contributed by atoms with Crippen LogP contribution in [0.25, 0.3) is 0 Å². The largest absolute Gasteiger partial charge is 0.508 e. The first-order valence-electron chi connectivity index (χ1n) is 13.3. The number of nitrogens with two attached hydrogens (primary N) is 2. The third-order valence-corrected chi connectivity index (χ3v) is 6.47. The normalized spacial score (nSPS) is 15.1. The second-order valence-corrected chi connectivity index (χ2v) is 10.2. The van der Waals surface area contributed by atoms with Gasteiger partial charge in [-0.2, -0.15) is 0 Å². The standard InChI is InChI=1S/C27H45N5O6/c1-5-17(4)23(29)26(36)30-20(8-6-7-13-28)24(34)31-21(15-18-9-11-19(33)12-10-18)25(35)32-22(27(37)38)14-16(2)3/h9-12,16-17,20-23,33H,5-8,13-15,28-29H2,1-4H3,(H,30,36)(H,31,34)(H,32,35)(H,37,38). The predicted molar refractivity (Wildman–Crippen MR) is 145 cm³/mol. The van der Waals surface area contributed by atoms with E-state index in [0.29, 0.717) is 37.8 Å². The Bertz CT molecular complexity index is 908. The smallest absolute Gasteiger partial charge is 0.326 e. The number of hydrogen-bond donors (Lipinski definition) is 7. The van der Waals surface area contributed by atoms with E-state index in [9.17, 15) is 29.4 Å². The fourth-order valence-electron chi connectivity index (χ4n) is 3.86. The minimum Gasteiger partial charge on any atom is -0.508 e. The summed E-state index contributed by atoms with van der Waals surface area (Å²) in [6, 6.07) is 2.12. The molecule has 0 aliphatic carbocycles. The van der Waals surface area contributed by atoms with Crippen LogP contribution in [-0.2, 0) is 25.6 Å². The van der Waals surface area contributed by atoms with Gasteiger partial charge in [-0.25, -0.2) is 4.79 Å². The molecule has 11 nitrogen and oxygen atoms in total. The lowest BCUT2D eigenvalue weighted by atomic mass is 9.98. The van der Waals surface area contributed by atoms with Gasteiger partial charge < -0.3 is 37.6 Å². The lowest BCUT2D eigenvalue weighted by molar-refractivity contribution is -0.142. The number of benzene rings is 1. The third-order valence-electron chi connectivity index (χ3n) is 6.47. The zero-order valence-electron chi connectivity index (χ0n) is 22.9. The summed E-state index contributed by atoms with van der Waals surface area (Å²) in [5, 5.41) is 27.1. The van der Waals surface area contributed by atoms with Crippen molar-refractivity contribution in [2.75, 3.05) is 6.54 Å².